The fraction of sp³-hybridized carbons (Fsp3) is 0.278. The Hall–Kier alpha value is -2.79. The standard InChI is InChI=1S/C18H18N2O7S2/c1-28(24,25)15-5-6-17-12(9-15)4-3-7-19(17)18(21)13-8-14(20(22)23)11-16(10-13)29(2,26)27/h5-6,8-11H,3-4,7H2,1-2H3. The Morgan fingerprint density at radius 2 is 1.66 bits per heavy atom. The van der Waals surface area contributed by atoms with Crippen molar-refractivity contribution in [1.82, 2.24) is 0 Å². The second-order valence-electron chi connectivity index (χ2n) is 6.87. The number of non-ortho nitro benzene ring substituents is 1. The predicted octanol–water partition coefficient (Wildman–Crippen LogP) is 1.99. The van der Waals surface area contributed by atoms with Gasteiger partial charge in [-0.05, 0) is 42.7 Å². The zero-order valence-corrected chi connectivity index (χ0v) is 17.3. The first-order valence-corrected chi connectivity index (χ1v) is 12.3. The number of benzene rings is 2. The molecular formula is C18H18N2O7S2. The van der Waals surface area contributed by atoms with E-state index in [-0.39, 0.29) is 15.4 Å². The van der Waals surface area contributed by atoms with Gasteiger partial charge in [0, 0.05) is 42.4 Å². The molecule has 0 N–H and O–H groups in total. The molecule has 1 amide bonds. The summed E-state index contributed by atoms with van der Waals surface area (Å²) in [5.74, 6) is -0.591. The molecule has 0 saturated heterocycles. The van der Waals surface area contributed by atoms with E-state index in [9.17, 15) is 31.7 Å². The van der Waals surface area contributed by atoms with Crippen molar-refractivity contribution in [3.05, 3.63) is 57.6 Å². The van der Waals surface area contributed by atoms with E-state index in [2.05, 4.69) is 0 Å². The lowest BCUT2D eigenvalue weighted by Crippen LogP contribution is -2.35. The molecule has 0 fully saturated rings. The minimum absolute atomic E-state index is 0.125. The Balaban J connectivity index is 2.09. The van der Waals surface area contributed by atoms with Crippen LogP contribution >= 0.6 is 0 Å². The molecule has 0 atom stereocenters. The van der Waals surface area contributed by atoms with Gasteiger partial charge in [0.2, 0.25) is 0 Å². The van der Waals surface area contributed by atoms with Crippen LogP contribution in [0.3, 0.4) is 0 Å². The Kier molecular flexibility index (Phi) is 5.22. The van der Waals surface area contributed by atoms with Gasteiger partial charge in [0.25, 0.3) is 11.6 Å². The highest BCUT2D eigenvalue weighted by atomic mass is 32.2. The van der Waals surface area contributed by atoms with E-state index in [0.29, 0.717) is 30.6 Å². The smallest absolute Gasteiger partial charge is 0.271 e. The minimum Gasteiger partial charge on any atom is -0.308 e. The number of nitro benzene ring substituents is 1. The van der Waals surface area contributed by atoms with Crippen molar-refractivity contribution in [2.45, 2.75) is 22.6 Å². The van der Waals surface area contributed by atoms with Crippen molar-refractivity contribution in [2.75, 3.05) is 24.0 Å². The summed E-state index contributed by atoms with van der Waals surface area (Å²) < 4.78 is 47.3. The summed E-state index contributed by atoms with van der Waals surface area (Å²) in [4.78, 5) is 24.7. The summed E-state index contributed by atoms with van der Waals surface area (Å²) in [6, 6.07) is 7.50. The Morgan fingerprint density at radius 1 is 1.00 bits per heavy atom. The Labute approximate surface area is 167 Å². The van der Waals surface area contributed by atoms with E-state index in [1.54, 1.807) is 0 Å². The minimum atomic E-state index is -3.77. The van der Waals surface area contributed by atoms with Gasteiger partial charge in [-0.3, -0.25) is 14.9 Å². The lowest BCUT2D eigenvalue weighted by atomic mass is 10.0. The van der Waals surface area contributed by atoms with Gasteiger partial charge in [0.05, 0.1) is 14.7 Å². The van der Waals surface area contributed by atoms with Crippen LogP contribution in [0.4, 0.5) is 11.4 Å². The van der Waals surface area contributed by atoms with Crippen molar-refractivity contribution < 1.29 is 26.6 Å². The second kappa shape index (κ2) is 7.23. The molecule has 0 radical (unpaired) electrons. The zero-order chi connectivity index (χ0) is 21.6. The summed E-state index contributed by atoms with van der Waals surface area (Å²) in [6.07, 6.45) is 3.14. The van der Waals surface area contributed by atoms with Crippen LogP contribution in [0.5, 0.6) is 0 Å². The number of amides is 1. The van der Waals surface area contributed by atoms with Gasteiger partial charge >= 0.3 is 0 Å². The molecular weight excluding hydrogens is 420 g/mol. The molecule has 0 spiro atoms. The van der Waals surface area contributed by atoms with Gasteiger partial charge in [0.15, 0.2) is 19.7 Å². The van der Waals surface area contributed by atoms with Crippen molar-refractivity contribution in [3.63, 3.8) is 0 Å². The van der Waals surface area contributed by atoms with Gasteiger partial charge in [-0.25, -0.2) is 16.8 Å². The molecule has 3 rings (SSSR count). The Morgan fingerprint density at radius 3 is 2.24 bits per heavy atom. The maximum atomic E-state index is 13.1. The molecule has 0 saturated carbocycles. The lowest BCUT2D eigenvalue weighted by molar-refractivity contribution is -0.385. The summed E-state index contributed by atoms with van der Waals surface area (Å²) >= 11 is 0. The van der Waals surface area contributed by atoms with Crippen molar-refractivity contribution in [3.8, 4) is 0 Å². The SMILES string of the molecule is CS(=O)(=O)c1cc(C(=O)N2CCCc3cc(S(C)(=O)=O)ccc32)cc([N+](=O)[O-])c1. The summed E-state index contributed by atoms with van der Waals surface area (Å²) in [7, 11) is -7.18. The highest BCUT2D eigenvalue weighted by molar-refractivity contribution is 7.91. The maximum Gasteiger partial charge on any atom is 0.271 e. The Bertz CT molecular complexity index is 1230. The monoisotopic (exact) mass is 438 g/mol. The molecule has 1 aliphatic heterocycles. The van der Waals surface area contributed by atoms with Crippen molar-refractivity contribution in [1.29, 1.82) is 0 Å². The number of sulfone groups is 2. The van der Waals surface area contributed by atoms with Gasteiger partial charge in [-0.15, -0.1) is 0 Å². The fourth-order valence-electron chi connectivity index (χ4n) is 3.20. The van der Waals surface area contributed by atoms with Crippen LogP contribution in [0.1, 0.15) is 22.3 Å². The number of rotatable bonds is 4. The average molecular weight is 438 g/mol. The van der Waals surface area contributed by atoms with Crippen LogP contribution in [-0.2, 0) is 26.1 Å². The van der Waals surface area contributed by atoms with Gasteiger partial charge in [0.1, 0.15) is 0 Å². The van der Waals surface area contributed by atoms with Gasteiger partial charge < -0.3 is 4.90 Å². The quantitative estimate of drug-likeness (QED) is 0.527. The van der Waals surface area contributed by atoms with Crippen LogP contribution in [0.2, 0.25) is 0 Å². The topological polar surface area (TPSA) is 132 Å². The van der Waals surface area contributed by atoms with Crippen molar-refractivity contribution in [2.24, 2.45) is 0 Å². The van der Waals surface area contributed by atoms with E-state index >= 15 is 0 Å². The van der Waals surface area contributed by atoms with E-state index in [1.165, 1.54) is 23.1 Å². The molecule has 0 unspecified atom stereocenters. The molecule has 29 heavy (non-hydrogen) atoms. The number of carbonyl (C=O) groups is 1. The molecule has 1 aliphatic rings. The van der Waals surface area contributed by atoms with Crippen molar-refractivity contribution >= 4 is 37.0 Å². The average Bonchev–Trinajstić information content (AvgIpc) is 2.64. The fourth-order valence-corrected chi connectivity index (χ4v) is 4.54. The number of hydrogen-bond donors (Lipinski definition) is 0. The largest absolute Gasteiger partial charge is 0.308 e. The first kappa shape index (κ1) is 20.9. The summed E-state index contributed by atoms with van der Waals surface area (Å²) in [6.45, 7) is 0.320. The number of nitro groups is 1. The molecule has 1 heterocycles. The van der Waals surface area contributed by atoms with Crippen LogP contribution in [0.25, 0.3) is 0 Å². The summed E-state index contributed by atoms with van der Waals surface area (Å²) in [5, 5.41) is 11.2. The third-order valence-electron chi connectivity index (χ3n) is 4.62. The highest BCUT2D eigenvalue weighted by Crippen LogP contribution is 2.31. The third kappa shape index (κ3) is 4.30. The number of carbonyl (C=O) groups excluding carboxylic acids is 1. The van der Waals surface area contributed by atoms with E-state index < -0.39 is 36.2 Å². The summed E-state index contributed by atoms with van der Waals surface area (Å²) in [5.41, 5.74) is 0.544. The molecule has 0 bridgehead atoms. The first-order valence-electron chi connectivity index (χ1n) is 8.52. The third-order valence-corrected chi connectivity index (χ3v) is 6.82. The van der Waals surface area contributed by atoms with Gasteiger partial charge in [-0.1, -0.05) is 0 Å². The zero-order valence-electron chi connectivity index (χ0n) is 15.7. The number of anilines is 1. The maximum absolute atomic E-state index is 13.1. The number of hydrogen-bond acceptors (Lipinski definition) is 7. The molecule has 9 nitrogen and oxygen atoms in total. The van der Waals surface area contributed by atoms with Gasteiger partial charge in [-0.2, -0.15) is 0 Å². The molecule has 11 heteroatoms. The molecule has 2 aromatic carbocycles. The second-order valence-corrected chi connectivity index (χ2v) is 10.9. The molecule has 0 aliphatic carbocycles. The molecule has 154 valence electrons. The number of fused-ring (bicyclic) bond motifs is 1. The highest BCUT2D eigenvalue weighted by Gasteiger charge is 2.27. The van der Waals surface area contributed by atoms with Crippen LogP contribution in [0.15, 0.2) is 46.2 Å². The predicted molar refractivity (Wildman–Crippen MR) is 106 cm³/mol. The van der Waals surface area contributed by atoms with E-state index in [4.69, 9.17) is 0 Å². The first-order chi connectivity index (χ1) is 13.4. The molecule has 0 aromatic heterocycles. The van der Waals surface area contributed by atoms with E-state index in [1.807, 2.05) is 0 Å². The van der Waals surface area contributed by atoms with Crippen LogP contribution in [0, 0.1) is 10.1 Å². The number of aryl methyl sites for hydroxylation is 1. The molecule has 2 aromatic rings. The normalized spacial score (nSPS) is 14.3. The van der Waals surface area contributed by atoms with Crippen LogP contribution < -0.4 is 4.90 Å². The van der Waals surface area contributed by atoms with Crippen LogP contribution in [-0.4, -0.2) is 46.7 Å². The van der Waals surface area contributed by atoms with E-state index in [0.717, 1.165) is 30.7 Å². The number of nitrogens with zero attached hydrogens (tertiary/aromatic N) is 2. The lowest BCUT2D eigenvalue weighted by Gasteiger charge is -2.30.